The van der Waals surface area contributed by atoms with Gasteiger partial charge in [0, 0.05) is 76.5 Å². The van der Waals surface area contributed by atoms with Crippen LogP contribution >= 0.6 is 0 Å². The zero-order chi connectivity index (χ0) is 41.4. The third kappa shape index (κ3) is 9.52. The van der Waals surface area contributed by atoms with E-state index in [9.17, 15) is 19.2 Å². The second-order valence-corrected chi connectivity index (χ2v) is 14.5. The topological polar surface area (TPSA) is 186 Å². The van der Waals surface area contributed by atoms with Crippen LogP contribution in [-0.2, 0) is 39.7 Å². The Morgan fingerprint density at radius 2 is 1.40 bits per heavy atom. The Morgan fingerprint density at radius 3 is 2.07 bits per heavy atom. The Bertz CT molecular complexity index is 2180. The number of amides is 1. The molecule has 2 aliphatic heterocycles. The van der Waals surface area contributed by atoms with E-state index in [4.69, 9.17) is 23.7 Å². The summed E-state index contributed by atoms with van der Waals surface area (Å²) in [7, 11) is 4.30. The number of nitrogens with one attached hydrogen (secondary N) is 5. The number of ketones is 1. The summed E-state index contributed by atoms with van der Waals surface area (Å²) in [6.45, 7) is 13.8. The van der Waals surface area contributed by atoms with E-state index in [1.165, 1.54) is 14.2 Å². The Labute approximate surface area is 333 Å². The highest BCUT2D eigenvalue weighted by atomic mass is 16.5. The first kappa shape index (κ1) is 43.0. The van der Waals surface area contributed by atoms with Crippen LogP contribution in [0.15, 0.2) is 11.4 Å². The predicted molar refractivity (Wildman–Crippen MR) is 217 cm³/mol. The van der Waals surface area contributed by atoms with Gasteiger partial charge in [0.25, 0.3) is 5.91 Å². The van der Waals surface area contributed by atoms with E-state index in [-0.39, 0.29) is 55.5 Å². The standard InChI is InChI=1S/C43H57N5O9/c1-10-28-23(2)31-22-36-39(27(6)49)25(4)33(46-36)20-32-24(3)29(11-12-37(50)54-8)41(47-32)30(19-38(51)55-9)42-40(26(5)34(48-42)21-35(28)45-31)43(52)44-13-14-56-17-18-57-16-15-53-7/h20-22,24,29,45-48H,10-19H2,1-9H3,(H,44,52). The molecule has 1 amide bonds. The number of esters is 2. The Balaban J connectivity index is 1.74. The molecule has 2 unspecified atom stereocenters. The third-order valence-corrected chi connectivity index (χ3v) is 11.0. The second-order valence-electron chi connectivity index (χ2n) is 14.5. The van der Waals surface area contributed by atoms with Crippen molar-refractivity contribution in [3.63, 3.8) is 0 Å². The quantitative estimate of drug-likeness (QED) is 0.0765. The van der Waals surface area contributed by atoms with Crippen molar-refractivity contribution in [1.82, 2.24) is 25.6 Å². The molecule has 14 heteroatoms. The van der Waals surface area contributed by atoms with Gasteiger partial charge in [0.15, 0.2) is 5.78 Å². The molecule has 57 heavy (non-hydrogen) atoms. The van der Waals surface area contributed by atoms with Crippen molar-refractivity contribution < 1.29 is 42.9 Å². The number of carbonyl (C=O) groups excluding carboxylic acids is 4. The van der Waals surface area contributed by atoms with Crippen molar-refractivity contribution >= 4 is 47.4 Å². The van der Waals surface area contributed by atoms with Crippen LogP contribution in [0.4, 0.5) is 0 Å². The molecule has 0 aliphatic carbocycles. The fourth-order valence-corrected chi connectivity index (χ4v) is 7.85. The lowest BCUT2D eigenvalue weighted by molar-refractivity contribution is -0.141. The highest BCUT2D eigenvalue weighted by molar-refractivity contribution is 6.03. The van der Waals surface area contributed by atoms with Gasteiger partial charge in [-0.15, -0.1) is 0 Å². The van der Waals surface area contributed by atoms with Gasteiger partial charge in [0.05, 0.1) is 70.6 Å². The summed E-state index contributed by atoms with van der Waals surface area (Å²) in [6.07, 6.45) is 7.04. The van der Waals surface area contributed by atoms with Crippen molar-refractivity contribution in [2.24, 2.45) is 11.8 Å². The molecule has 0 radical (unpaired) electrons. The van der Waals surface area contributed by atoms with Crippen molar-refractivity contribution in [3.8, 4) is 0 Å². The summed E-state index contributed by atoms with van der Waals surface area (Å²) in [4.78, 5) is 64.0. The lowest BCUT2D eigenvalue weighted by Crippen LogP contribution is -2.29. The minimum atomic E-state index is -0.500. The number of ether oxygens (including phenoxy) is 5. The normalized spacial score (nSPS) is 16.1. The summed E-state index contributed by atoms with van der Waals surface area (Å²) in [5.41, 5.74) is 9.19. The zero-order valence-electron chi connectivity index (χ0n) is 34.6. The van der Waals surface area contributed by atoms with E-state index in [0.717, 1.165) is 45.2 Å². The number of hydrogen-bond donors (Lipinski definition) is 5. The number of allylic oxidation sites excluding steroid dienone is 2. The maximum absolute atomic E-state index is 14.3. The fraction of sp³-hybridized carbons (Fsp3) is 0.488. The smallest absolute Gasteiger partial charge is 0.310 e. The van der Waals surface area contributed by atoms with Crippen LogP contribution in [0.3, 0.4) is 0 Å². The van der Waals surface area contributed by atoms with Gasteiger partial charge in [0.2, 0.25) is 0 Å². The molecule has 5 rings (SSSR count). The summed E-state index contributed by atoms with van der Waals surface area (Å²) in [6, 6.07) is 0. The fourth-order valence-electron chi connectivity index (χ4n) is 7.85. The van der Waals surface area contributed by atoms with Crippen molar-refractivity contribution in [2.75, 3.05) is 60.9 Å². The first-order valence-corrected chi connectivity index (χ1v) is 19.5. The van der Waals surface area contributed by atoms with E-state index in [1.54, 1.807) is 14.0 Å². The van der Waals surface area contributed by atoms with Crippen LogP contribution in [0.2, 0.25) is 0 Å². The molecule has 0 saturated carbocycles. The van der Waals surface area contributed by atoms with E-state index < -0.39 is 5.97 Å². The highest BCUT2D eigenvalue weighted by Crippen LogP contribution is 2.43. The molecule has 0 spiro atoms. The van der Waals surface area contributed by atoms with E-state index in [2.05, 4.69) is 46.4 Å². The highest BCUT2D eigenvalue weighted by Gasteiger charge is 2.37. The van der Waals surface area contributed by atoms with Gasteiger partial charge in [-0.25, -0.2) is 0 Å². The van der Waals surface area contributed by atoms with Crippen molar-refractivity contribution in [1.29, 1.82) is 0 Å². The van der Waals surface area contributed by atoms with Crippen molar-refractivity contribution in [3.05, 3.63) is 78.2 Å². The number of carbonyl (C=O) groups is 4. The Hall–Kier alpha value is -5.18. The lowest BCUT2D eigenvalue weighted by Gasteiger charge is -2.19. The lowest BCUT2D eigenvalue weighted by atomic mass is 9.85. The van der Waals surface area contributed by atoms with Gasteiger partial charge >= 0.3 is 11.9 Å². The number of fused-ring (bicyclic) bond motifs is 8. The second kappa shape index (κ2) is 19.3. The minimum Gasteiger partial charge on any atom is -0.469 e. The van der Waals surface area contributed by atoms with Crippen LogP contribution in [-0.4, -0.2) is 99.5 Å². The average Bonchev–Trinajstić information content (AvgIpc) is 3.87. The predicted octanol–water partition coefficient (Wildman–Crippen LogP) is 3.87. The number of aromatic nitrogens is 3. The molecule has 1 fully saturated rings. The van der Waals surface area contributed by atoms with Crippen LogP contribution in [0.1, 0.15) is 106 Å². The van der Waals surface area contributed by atoms with Crippen LogP contribution in [0.25, 0.3) is 23.8 Å². The molecule has 2 atom stereocenters. The molecular weight excluding hydrogens is 730 g/mol. The van der Waals surface area contributed by atoms with E-state index >= 15 is 0 Å². The minimum absolute atomic E-state index is 0.0628. The summed E-state index contributed by atoms with van der Waals surface area (Å²) >= 11 is 0. The molecule has 3 aromatic rings. The molecule has 1 saturated heterocycles. The van der Waals surface area contributed by atoms with Gasteiger partial charge in [-0.05, 0) is 81.0 Å². The zero-order valence-corrected chi connectivity index (χ0v) is 34.6. The number of hydrogen-bond acceptors (Lipinski definition) is 10. The first-order chi connectivity index (χ1) is 27.3. The van der Waals surface area contributed by atoms with E-state index in [1.807, 2.05) is 32.1 Å². The molecule has 14 nitrogen and oxygen atoms in total. The number of aromatic amines is 3. The maximum atomic E-state index is 14.3. The molecule has 0 aromatic carbocycles. The molecule has 2 aliphatic rings. The largest absolute Gasteiger partial charge is 0.469 e. The average molecular weight is 788 g/mol. The summed E-state index contributed by atoms with van der Waals surface area (Å²) in [5, 5.41) is 8.34. The van der Waals surface area contributed by atoms with Crippen LogP contribution in [0, 0.1) is 32.6 Å². The summed E-state index contributed by atoms with van der Waals surface area (Å²) in [5.74, 6) is -1.72. The molecule has 5 N–H and O–H groups in total. The van der Waals surface area contributed by atoms with Crippen LogP contribution in [0.5, 0.6) is 0 Å². The number of methoxy groups -OCH3 is 3. The van der Waals surface area contributed by atoms with Gasteiger partial charge in [-0.2, -0.15) is 0 Å². The van der Waals surface area contributed by atoms with Crippen LogP contribution < -0.4 is 21.3 Å². The van der Waals surface area contributed by atoms with Gasteiger partial charge in [-0.3, -0.25) is 19.2 Å². The molecular formula is C43H57N5O9. The Kier molecular flexibility index (Phi) is 14.6. The third-order valence-electron chi connectivity index (χ3n) is 11.0. The monoisotopic (exact) mass is 787 g/mol. The summed E-state index contributed by atoms with van der Waals surface area (Å²) < 4.78 is 26.4. The first-order valence-electron chi connectivity index (χ1n) is 19.5. The SMILES string of the molecule is CCc1c(C)c2[nH]c1=Cc1[nH]c(c(C(=O)NCCOCCOCCOC)c1C)C(CC(=O)OC)=C1NC(=Cc3[nH]c(c(C(C)=O)c3C)C=2)C(C)C1CCC(=O)OC. The van der Waals surface area contributed by atoms with Gasteiger partial charge < -0.3 is 49.3 Å². The van der Waals surface area contributed by atoms with Crippen molar-refractivity contribution in [2.45, 2.75) is 67.2 Å². The number of rotatable bonds is 17. The molecule has 8 bridgehead atoms. The molecule has 3 aromatic heterocycles. The molecule has 5 heterocycles. The number of Topliss-reactive ketones (excluding diaryl/α,β-unsaturated/α-hetero) is 1. The van der Waals surface area contributed by atoms with Gasteiger partial charge in [0.1, 0.15) is 0 Å². The van der Waals surface area contributed by atoms with Gasteiger partial charge in [-0.1, -0.05) is 13.8 Å². The Morgan fingerprint density at radius 1 is 0.754 bits per heavy atom. The van der Waals surface area contributed by atoms with E-state index in [0.29, 0.717) is 77.9 Å². The maximum Gasteiger partial charge on any atom is 0.310 e. The number of H-pyrrole nitrogens is 3. The molecule has 308 valence electrons.